The second kappa shape index (κ2) is 12.3. The summed E-state index contributed by atoms with van der Waals surface area (Å²) in [5.41, 5.74) is 0. The molecule has 6 heteroatoms. The highest BCUT2D eigenvalue weighted by atomic mass is 32.2. The molecule has 168 valence electrons. The summed E-state index contributed by atoms with van der Waals surface area (Å²) in [4.78, 5) is -0.0267. The zero-order valence-corrected chi connectivity index (χ0v) is 19.5. The van der Waals surface area contributed by atoms with E-state index in [2.05, 4.69) is 13.8 Å². The van der Waals surface area contributed by atoms with E-state index in [1.807, 2.05) is 31.2 Å². The third-order valence-corrected chi connectivity index (χ3v) is 7.44. The molecule has 0 saturated heterocycles. The van der Waals surface area contributed by atoms with Gasteiger partial charge in [-0.15, -0.1) is 0 Å². The lowest BCUT2D eigenvalue weighted by molar-refractivity contribution is 0.0895. The molecule has 0 aliphatic heterocycles. The molecule has 0 aliphatic rings. The fraction of sp³-hybridized carbons (Fsp3) is 0.583. The van der Waals surface area contributed by atoms with Gasteiger partial charge in [0, 0.05) is 26.3 Å². The SMILES string of the molecule is CCCCC(CC)COCCCN(CCC)S(=O)(=O)c1cc2ccccc2cc1O. The van der Waals surface area contributed by atoms with E-state index < -0.39 is 10.0 Å². The van der Waals surface area contributed by atoms with Gasteiger partial charge in [0.15, 0.2) is 0 Å². The fourth-order valence-electron chi connectivity index (χ4n) is 3.65. The molecule has 0 fully saturated rings. The Kier molecular flexibility index (Phi) is 10.1. The average molecular weight is 436 g/mol. The van der Waals surface area contributed by atoms with Gasteiger partial charge in [0.05, 0.1) is 0 Å². The largest absolute Gasteiger partial charge is 0.507 e. The van der Waals surface area contributed by atoms with Crippen LogP contribution >= 0.6 is 0 Å². The maximum Gasteiger partial charge on any atom is 0.246 e. The number of nitrogens with zero attached hydrogens (tertiary/aromatic N) is 1. The van der Waals surface area contributed by atoms with E-state index in [4.69, 9.17) is 4.74 Å². The Morgan fingerprint density at radius 1 is 1.00 bits per heavy atom. The van der Waals surface area contributed by atoms with E-state index in [0.717, 1.165) is 23.8 Å². The molecule has 0 spiro atoms. The zero-order chi connectivity index (χ0) is 22.0. The Labute approximate surface area is 182 Å². The number of phenols is 1. The highest BCUT2D eigenvalue weighted by Gasteiger charge is 2.27. The Morgan fingerprint density at radius 3 is 2.33 bits per heavy atom. The van der Waals surface area contributed by atoms with Crippen molar-refractivity contribution >= 4 is 20.8 Å². The van der Waals surface area contributed by atoms with Gasteiger partial charge in [-0.25, -0.2) is 8.42 Å². The molecule has 1 N–H and O–H groups in total. The summed E-state index contributed by atoms with van der Waals surface area (Å²) >= 11 is 0. The van der Waals surface area contributed by atoms with E-state index in [-0.39, 0.29) is 10.6 Å². The van der Waals surface area contributed by atoms with Crippen LogP contribution in [-0.2, 0) is 14.8 Å². The van der Waals surface area contributed by atoms with Gasteiger partial charge in [0.25, 0.3) is 0 Å². The first-order valence-electron chi connectivity index (χ1n) is 11.2. The van der Waals surface area contributed by atoms with Crippen LogP contribution in [-0.4, -0.2) is 44.1 Å². The van der Waals surface area contributed by atoms with E-state index >= 15 is 0 Å². The number of benzene rings is 2. The van der Waals surface area contributed by atoms with Gasteiger partial charge in [-0.1, -0.05) is 64.3 Å². The monoisotopic (exact) mass is 435 g/mol. The number of sulfonamides is 1. The Hall–Kier alpha value is -1.63. The minimum Gasteiger partial charge on any atom is -0.507 e. The summed E-state index contributed by atoms with van der Waals surface area (Å²) in [6.45, 7) is 8.43. The number of fused-ring (bicyclic) bond motifs is 1. The van der Waals surface area contributed by atoms with E-state index in [9.17, 15) is 13.5 Å². The first-order chi connectivity index (χ1) is 14.4. The number of hydrogen-bond acceptors (Lipinski definition) is 4. The Balaban J connectivity index is 2.02. The third kappa shape index (κ3) is 6.69. The zero-order valence-electron chi connectivity index (χ0n) is 18.6. The van der Waals surface area contributed by atoms with Crippen LogP contribution in [0.15, 0.2) is 41.3 Å². The van der Waals surface area contributed by atoms with Crippen LogP contribution in [0.3, 0.4) is 0 Å². The predicted octanol–water partition coefficient (Wildman–Crippen LogP) is 5.57. The molecule has 2 aromatic rings. The molecule has 0 aromatic heterocycles. The Bertz CT molecular complexity index is 882. The Morgan fingerprint density at radius 2 is 1.70 bits per heavy atom. The van der Waals surface area contributed by atoms with Gasteiger partial charge in [-0.05, 0) is 48.1 Å². The molecule has 5 nitrogen and oxygen atoms in total. The van der Waals surface area contributed by atoms with Crippen molar-refractivity contribution in [2.24, 2.45) is 5.92 Å². The number of rotatable bonds is 14. The summed E-state index contributed by atoms with van der Waals surface area (Å²) in [6.07, 6.45) is 6.06. The minimum atomic E-state index is -3.78. The lowest BCUT2D eigenvalue weighted by Gasteiger charge is -2.23. The molecule has 30 heavy (non-hydrogen) atoms. The molecule has 0 bridgehead atoms. The number of aromatic hydroxyl groups is 1. The van der Waals surface area contributed by atoms with E-state index in [0.29, 0.717) is 38.5 Å². The van der Waals surface area contributed by atoms with Crippen molar-refractivity contribution in [1.82, 2.24) is 4.31 Å². The quantitative estimate of drug-likeness (QED) is 0.394. The summed E-state index contributed by atoms with van der Waals surface area (Å²) in [6, 6.07) is 10.5. The highest BCUT2D eigenvalue weighted by Crippen LogP contribution is 2.31. The van der Waals surface area contributed by atoms with E-state index in [1.54, 1.807) is 6.07 Å². The van der Waals surface area contributed by atoms with Crippen LogP contribution in [0.5, 0.6) is 5.75 Å². The molecule has 0 saturated carbocycles. The van der Waals surface area contributed by atoms with Crippen LogP contribution < -0.4 is 0 Å². The summed E-state index contributed by atoms with van der Waals surface area (Å²) < 4.78 is 33.8. The standard InChI is InChI=1S/C24H37NO4S/c1-4-7-11-20(6-3)19-29-16-10-15-25(14-5-2)30(27,28)24-18-22-13-9-8-12-21(22)17-23(24)26/h8-9,12-13,17-18,20,26H,4-7,10-11,14-16,19H2,1-3H3. The molecule has 0 heterocycles. The van der Waals surface area contributed by atoms with Crippen molar-refractivity contribution in [2.75, 3.05) is 26.3 Å². The van der Waals surface area contributed by atoms with Crippen molar-refractivity contribution in [1.29, 1.82) is 0 Å². The lowest BCUT2D eigenvalue weighted by atomic mass is 10.0. The second-order valence-electron chi connectivity index (χ2n) is 7.92. The van der Waals surface area contributed by atoms with Crippen LogP contribution in [0.25, 0.3) is 10.8 Å². The van der Waals surface area contributed by atoms with Gasteiger partial charge in [0.1, 0.15) is 10.6 Å². The van der Waals surface area contributed by atoms with Gasteiger partial charge in [-0.2, -0.15) is 4.31 Å². The highest BCUT2D eigenvalue weighted by molar-refractivity contribution is 7.89. The summed E-state index contributed by atoms with van der Waals surface area (Å²) in [7, 11) is -3.78. The van der Waals surface area contributed by atoms with Gasteiger partial charge in [-0.3, -0.25) is 0 Å². The molecule has 1 atom stereocenters. The number of phenolic OH excluding ortho intramolecular Hbond substituents is 1. The molecular weight excluding hydrogens is 398 g/mol. The second-order valence-corrected chi connectivity index (χ2v) is 9.82. The van der Waals surface area contributed by atoms with Crippen LogP contribution in [0.1, 0.15) is 59.3 Å². The van der Waals surface area contributed by atoms with Crippen molar-refractivity contribution in [3.8, 4) is 5.75 Å². The molecule has 0 radical (unpaired) electrons. The number of hydrogen-bond donors (Lipinski definition) is 1. The summed E-state index contributed by atoms with van der Waals surface area (Å²) in [5.74, 6) is 0.378. The molecule has 0 aliphatic carbocycles. The van der Waals surface area contributed by atoms with Crippen molar-refractivity contribution in [3.63, 3.8) is 0 Å². The van der Waals surface area contributed by atoms with E-state index in [1.165, 1.54) is 29.6 Å². The first kappa shape index (κ1) is 24.6. The van der Waals surface area contributed by atoms with Gasteiger partial charge in [0.2, 0.25) is 10.0 Å². The van der Waals surface area contributed by atoms with Gasteiger partial charge < -0.3 is 9.84 Å². The molecule has 1 unspecified atom stereocenters. The normalized spacial score (nSPS) is 13.2. The fourth-order valence-corrected chi connectivity index (χ4v) is 5.32. The smallest absolute Gasteiger partial charge is 0.246 e. The number of unbranched alkanes of at least 4 members (excludes halogenated alkanes) is 1. The molecule has 0 amide bonds. The van der Waals surface area contributed by atoms with Crippen molar-refractivity contribution in [2.45, 2.75) is 64.2 Å². The van der Waals surface area contributed by atoms with Crippen molar-refractivity contribution < 1.29 is 18.3 Å². The average Bonchev–Trinajstić information content (AvgIpc) is 2.74. The molecule has 2 rings (SSSR count). The number of ether oxygens (including phenoxy) is 1. The maximum atomic E-state index is 13.2. The molecular formula is C24H37NO4S. The van der Waals surface area contributed by atoms with Gasteiger partial charge >= 0.3 is 0 Å². The van der Waals surface area contributed by atoms with Crippen LogP contribution in [0.2, 0.25) is 0 Å². The predicted molar refractivity (Wildman–Crippen MR) is 123 cm³/mol. The maximum absolute atomic E-state index is 13.2. The van der Waals surface area contributed by atoms with Crippen molar-refractivity contribution in [3.05, 3.63) is 36.4 Å². The first-order valence-corrected chi connectivity index (χ1v) is 12.7. The topological polar surface area (TPSA) is 66.8 Å². The van der Waals surface area contributed by atoms with Crippen LogP contribution in [0, 0.1) is 5.92 Å². The molecule has 2 aromatic carbocycles. The third-order valence-electron chi connectivity index (χ3n) is 5.51. The van der Waals surface area contributed by atoms with Crippen LogP contribution in [0.4, 0.5) is 0 Å². The summed E-state index contributed by atoms with van der Waals surface area (Å²) in [5, 5.41) is 12.0. The minimum absolute atomic E-state index is 0.0267. The lowest BCUT2D eigenvalue weighted by Crippen LogP contribution is -2.33.